The lowest BCUT2D eigenvalue weighted by Gasteiger charge is -2.63. The monoisotopic (exact) mass is 472 g/mol. The van der Waals surface area contributed by atoms with Gasteiger partial charge in [0.1, 0.15) is 12.2 Å². The van der Waals surface area contributed by atoms with Crippen molar-refractivity contribution in [1.29, 1.82) is 0 Å². The van der Waals surface area contributed by atoms with Crippen molar-refractivity contribution in [2.24, 2.45) is 50.7 Å². The van der Waals surface area contributed by atoms with Crippen LogP contribution in [-0.4, -0.2) is 39.9 Å². The third-order valence-corrected chi connectivity index (χ3v) is 13.9. The minimum Gasteiger partial charge on any atom is -0.388 e. The lowest BCUT2D eigenvalue weighted by Crippen LogP contribution is -2.59. The molecule has 7 aliphatic rings. The van der Waals surface area contributed by atoms with E-state index in [1.807, 2.05) is 13.8 Å². The van der Waals surface area contributed by atoms with Crippen LogP contribution in [0.15, 0.2) is 0 Å². The molecule has 7 fully saturated rings. The summed E-state index contributed by atoms with van der Waals surface area (Å²) in [6.07, 6.45) is 10.4. The predicted octanol–water partition coefficient (Wildman–Crippen LogP) is 5.69. The van der Waals surface area contributed by atoms with Gasteiger partial charge in [0.25, 0.3) is 0 Å². The number of rotatable bonds is 1. The Morgan fingerprint density at radius 2 is 1.56 bits per heavy atom. The summed E-state index contributed by atoms with van der Waals surface area (Å²) >= 11 is 0. The van der Waals surface area contributed by atoms with Gasteiger partial charge in [0.2, 0.25) is 0 Å². The summed E-state index contributed by atoms with van der Waals surface area (Å²) in [4.78, 5) is 0. The van der Waals surface area contributed by atoms with Gasteiger partial charge in [-0.3, -0.25) is 0 Å². The first kappa shape index (κ1) is 23.0. The Hall–Kier alpha value is -0.160. The van der Waals surface area contributed by atoms with Gasteiger partial charge < -0.3 is 19.7 Å². The third-order valence-electron chi connectivity index (χ3n) is 13.9. The molecule has 192 valence electrons. The van der Waals surface area contributed by atoms with Gasteiger partial charge in [-0.1, -0.05) is 41.0 Å². The fraction of sp³-hybridized carbons (Fsp3) is 1.00. The highest BCUT2D eigenvalue weighted by Gasteiger charge is 2.87. The Labute approximate surface area is 206 Å². The Morgan fingerprint density at radius 1 is 0.882 bits per heavy atom. The molecule has 2 N–H and O–H groups in total. The Kier molecular flexibility index (Phi) is 4.13. The highest BCUT2D eigenvalue weighted by molar-refractivity contribution is 5.34. The van der Waals surface area contributed by atoms with Gasteiger partial charge >= 0.3 is 0 Å². The molecular formula is C30H48O4. The molecule has 4 heteroatoms. The van der Waals surface area contributed by atoms with E-state index in [9.17, 15) is 10.2 Å². The molecule has 0 aromatic heterocycles. The second kappa shape index (κ2) is 6.11. The topological polar surface area (TPSA) is 58.9 Å². The number of aliphatic hydroxyl groups excluding tert-OH is 1. The first-order valence-electron chi connectivity index (χ1n) is 14.5. The molecule has 0 aromatic carbocycles. The van der Waals surface area contributed by atoms with Crippen LogP contribution in [0.25, 0.3) is 0 Å². The van der Waals surface area contributed by atoms with E-state index < -0.39 is 17.5 Å². The average molecular weight is 473 g/mol. The van der Waals surface area contributed by atoms with Gasteiger partial charge in [-0.05, 0) is 105 Å². The van der Waals surface area contributed by atoms with E-state index in [-0.39, 0.29) is 29.0 Å². The number of aliphatic hydroxyl groups is 2. The van der Waals surface area contributed by atoms with Gasteiger partial charge in [0, 0.05) is 11.3 Å². The van der Waals surface area contributed by atoms with Gasteiger partial charge in [-0.25, -0.2) is 0 Å². The van der Waals surface area contributed by atoms with E-state index in [0.29, 0.717) is 28.1 Å². The molecule has 2 aliphatic heterocycles. The van der Waals surface area contributed by atoms with Gasteiger partial charge in [0.05, 0.1) is 11.7 Å². The van der Waals surface area contributed by atoms with Gasteiger partial charge in [0.15, 0.2) is 5.79 Å². The summed E-state index contributed by atoms with van der Waals surface area (Å²) in [7, 11) is 0. The van der Waals surface area contributed by atoms with E-state index >= 15 is 0 Å². The molecule has 2 saturated heterocycles. The summed E-state index contributed by atoms with van der Waals surface area (Å²) in [5, 5.41) is 23.4. The lowest BCUT2D eigenvalue weighted by molar-refractivity contribution is -0.282. The van der Waals surface area contributed by atoms with Crippen LogP contribution in [0.4, 0.5) is 0 Å². The zero-order valence-electron chi connectivity index (χ0n) is 22.6. The van der Waals surface area contributed by atoms with Crippen molar-refractivity contribution in [3.63, 3.8) is 0 Å². The van der Waals surface area contributed by atoms with Gasteiger partial charge in [-0.2, -0.15) is 0 Å². The lowest BCUT2D eigenvalue weighted by atomic mass is 9.41. The zero-order chi connectivity index (χ0) is 24.3. The van der Waals surface area contributed by atoms with E-state index in [1.165, 1.54) is 51.4 Å². The van der Waals surface area contributed by atoms with E-state index in [2.05, 4.69) is 34.6 Å². The largest absolute Gasteiger partial charge is 0.388 e. The first-order chi connectivity index (χ1) is 15.7. The molecule has 0 radical (unpaired) electrons. The molecule has 5 saturated carbocycles. The maximum absolute atomic E-state index is 12.5. The SMILES string of the molecule is C[C@@H]1C[C@H]2O[C@@]3(O[C@@H]2C(C)(C)O)[C@H](O)[C@@]2(C)[C@@H]4CC[C@H]5C(C)(C)CCC[C@@]56C[C@@]46CC[C@]2(C)[C@@H]13. The molecule has 12 atom stereocenters. The van der Waals surface area contributed by atoms with Crippen molar-refractivity contribution < 1.29 is 19.7 Å². The zero-order valence-corrected chi connectivity index (χ0v) is 22.6. The predicted molar refractivity (Wildman–Crippen MR) is 131 cm³/mol. The van der Waals surface area contributed by atoms with Crippen LogP contribution in [0, 0.1) is 50.7 Å². The Balaban J connectivity index is 1.34. The maximum atomic E-state index is 12.5. The molecule has 2 bridgehead atoms. The van der Waals surface area contributed by atoms with Crippen molar-refractivity contribution in [3.05, 3.63) is 0 Å². The molecule has 34 heavy (non-hydrogen) atoms. The smallest absolute Gasteiger partial charge is 0.199 e. The summed E-state index contributed by atoms with van der Waals surface area (Å²) in [5.41, 5.74) is 0.157. The summed E-state index contributed by atoms with van der Waals surface area (Å²) in [6.45, 7) is 16.0. The van der Waals surface area contributed by atoms with Crippen LogP contribution in [0.1, 0.15) is 106 Å². The minimum atomic E-state index is -0.981. The molecule has 0 aromatic rings. The number of hydrogen-bond acceptors (Lipinski definition) is 4. The molecule has 2 heterocycles. The highest BCUT2D eigenvalue weighted by Crippen LogP contribution is 2.90. The average Bonchev–Trinajstić information content (AvgIpc) is 3.23. The van der Waals surface area contributed by atoms with Crippen LogP contribution in [0.5, 0.6) is 0 Å². The van der Waals surface area contributed by atoms with Crippen molar-refractivity contribution in [2.45, 2.75) is 136 Å². The quantitative estimate of drug-likeness (QED) is 0.515. The second-order valence-electron chi connectivity index (χ2n) is 15.9. The van der Waals surface area contributed by atoms with Crippen LogP contribution < -0.4 is 0 Å². The second-order valence-corrected chi connectivity index (χ2v) is 15.9. The van der Waals surface area contributed by atoms with E-state index in [4.69, 9.17) is 9.47 Å². The summed E-state index contributed by atoms with van der Waals surface area (Å²) in [5.74, 6) is 1.01. The van der Waals surface area contributed by atoms with Crippen molar-refractivity contribution in [2.75, 3.05) is 0 Å². The Morgan fingerprint density at radius 3 is 2.26 bits per heavy atom. The molecule has 3 spiro atoms. The van der Waals surface area contributed by atoms with Gasteiger partial charge in [-0.15, -0.1) is 0 Å². The highest BCUT2D eigenvalue weighted by atomic mass is 16.8. The van der Waals surface area contributed by atoms with Crippen LogP contribution >= 0.6 is 0 Å². The van der Waals surface area contributed by atoms with Crippen LogP contribution in [0.3, 0.4) is 0 Å². The Bertz CT molecular complexity index is 923. The normalized spacial score (nSPS) is 63.3. The minimum absolute atomic E-state index is 0.0119. The molecule has 7 rings (SSSR count). The molecule has 4 nitrogen and oxygen atoms in total. The van der Waals surface area contributed by atoms with Crippen molar-refractivity contribution in [3.8, 4) is 0 Å². The number of fused-ring (bicyclic) bond motifs is 4. The third kappa shape index (κ3) is 2.18. The molecule has 0 amide bonds. The standard InChI is InChI=1S/C30H48O4/c1-17-15-18-22(25(4,5)32)34-30(33-18)21(17)26(6)13-14-29-16-28(29)12-8-11-24(2,3)19(28)9-10-20(29)27(26,7)23(30)31/h17-23,31-32H,8-16H2,1-7H3/t17-,18-,19+,20+,21-,22+,23-,26-,27-,28-,29+,30+/m1/s1. The molecule has 5 aliphatic carbocycles. The van der Waals surface area contributed by atoms with Crippen molar-refractivity contribution >= 4 is 0 Å². The van der Waals surface area contributed by atoms with E-state index in [0.717, 1.165) is 12.3 Å². The summed E-state index contributed by atoms with van der Waals surface area (Å²) < 4.78 is 13.6. The fourth-order valence-electron chi connectivity index (χ4n) is 12.8. The number of hydrogen-bond donors (Lipinski definition) is 2. The van der Waals surface area contributed by atoms with Crippen LogP contribution in [0.2, 0.25) is 0 Å². The molecule has 0 unspecified atom stereocenters. The number of ether oxygens (including phenoxy) is 2. The summed E-state index contributed by atoms with van der Waals surface area (Å²) in [6, 6.07) is 0. The fourth-order valence-corrected chi connectivity index (χ4v) is 12.8. The van der Waals surface area contributed by atoms with Crippen LogP contribution in [-0.2, 0) is 9.47 Å². The van der Waals surface area contributed by atoms with Crippen molar-refractivity contribution in [1.82, 2.24) is 0 Å². The first-order valence-corrected chi connectivity index (χ1v) is 14.5. The van der Waals surface area contributed by atoms with E-state index in [1.54, 1.807) is 0 Å². The maximum Gasteiger partial charge on any atom is 0.199 e. The molecular weight excluding hydrogens is 424 g/mol.